The lowest BCUT2D eigenvalue weighted by atomic mass is 9.81. The Bertz CT molecular complexity index is 677. The molecule has 3 heteroatoms. The molecule has 0 spiro atoms. The zero-order chi connectivity index (χ0) is 15.2. The third-order valence-corrected chi connectivity index (χ3v) is 4.05. The van der Waals surface area contributed by atoms with E-state index in [0.29, 0.717) is 12.3 Å². The Balaban J connectivity index is 2.25. The molecule has 110 valence electrons. The quantitative estimate of drug-likeness (QED) is 0.794. The summed E-state index contributed by atoms with van der Waals surface area (Å²) in [5, 5.41) is 4.81. The predicted molar refractivity (Wildman–Crippen MR) is 84.1 cm³/mol. The molecule has 0 bridgehead atoms. The number of ketones is 1. The highest BCUT2D eigenvalue weighted by Gasteiger charge is 2.34. The molecule has 21 heavy (non-hydrogen) atoms. The van der Waals surface area contributed by atoms with Crippen molar-refractivity contribution in [3.8, 4) is 5.69 Å². The van der Waals surface area contributed by atoms with Gasteiger partial charge in [-0.05, 0) is 24.5 Å². The molecular weight excluding hydrogens is 260 g/mol. The van der Waals surface area contributed by atoms with Crippen LogP contribution < -0.4 is 0 Å². The zero-order valence-electron chi connectivity index (χ0n) is 13.2. The molecule has 0 radical (unpaired) electrons. The molecule has 3 nitrogen and oxygen atoms in total. The third-order valence-electron chi connectivity index (χ3n) is 4.05. The van der Waals surface area contributed by atoms with E-state index in [1.165, 1.54) is 0 Å². The van der Waals surface area contributed by atoms with Crippen LogP contribution >= 0.6 is 0 Å². The Kier molecular flexibility index (Phi) is 3.23. The summed E-state index contributed by atoms with van der Waals surface area (Å²) < 4.78 is 1.98. The first-order chi connectivity index (χ1) is 9.88. The average molecular weight is 282 g/mol. The number of carbonyl (C=O) groups excluding carboxylic acids is 1. The molecule has 0 amide bonds. The molecular formula is C18H22N2O. The Hall–Kier alpha value is -1.90. The number of fused-ring (bicyclic) bond motifs is 1. The first-order valence-corrected chi connectivity index (χ1v) is 7.59. The van der Waals surface area contributed by atoms with Gasteiger partial charge >= 0.3 is 0 Å². The number of carbonyl (C=O) groups is 1. The summed E-state index contributed by atoms with van der Waals surface area (Å²) in [7, 11) is 0. The first-order valence-electron chi connectivity index (χ1n) is 7.59. The van der Waals surface area contributed by atoms with Crippen molar-refractivity contribution in [3.63, 3.8) is 0 Å². The van der Waals surface area contributed by atoms with Gasteiger partial charge in [-0.15, -0.1) is 0 Å². The molecule has 2 aromatic rings. The maximum atomic E-state index is 12.6. The van der Waals surface area contributed by atoms with Gasteiger partial charge in [-0.1, -0.05) is 45.9 Å². The molecule has 0 aliphatic heterocycles. The van der Waals surface area contributed by atoms with Crippen LogP contribution in [0.15, 0.2) is 30.3 Å². The van der Waals surface area contributed by atoms with Gasteiger partial charge in [-0.3, -0.25) is 4.79 Å². The van der Waals surface area contributed by atoms with Crippen molar-refractivity contribution >= 4 is 5.78 Å². The van der Waals surface area contributed by atoms with Gasteiger partial charge in [-0.2, -0.15) is 5.10 Å². The predicted octanol–water partition coefficient (Wildman–Crippen LogP) is 3.93. The van der Waals surface area contributed by atoms with Crippen molar-refractivity contribution in [1.29, 1.82) is 0 Å². The summed E-state index contributed by atoms with van der Waals surface area (Å²) in [6, 6.07) is 10.1. The minimum atomic E-state index is -0.125. The number of hydrogen-bond acceptors (Lipinski definition) is 2. The number of para-hydroxylation sites is 1. The second-order valence-corrected chi connectivity index (χ2v) is 7.10. The lowest BCUT2D eigenvalue weighted by Gasteiger charge is -2.22. The van der Waals surface area contributed by atoms with Gasteiger partial charge in [0.25, 0.3) is 0 Å². The molecule has 1 aromatic carbocycles. The van der Waals surface area contributed by atoms with Crippen LogP contribution in [-0.4, -0.2) is 15.6 Å². The minimum Gasteiger partial charge on any atom is -0.294 e. The van der Waals surface area contributed by atoms with E-state index in [0.717, 1.165) is 29.1 Å². The van der Waals surface area contributed by atoms with Gasteiger partial charge in [0, 0.05) is 11.8 Å². The van der Waals surface area contributed by atoms with Crippen LogP contribution in [0.3, 0.4) is 0 Å². The maximum Gasteiger partial charge on any atom is 0.166 e. The van der Waals surface area contributed by atoms with E-state index in [1.807, 2.05) is 35.0 Å². The highest BCUT2D eigenvalue weighted by atomic mass is 16.1. The molecule has 3 rings (SSSR count). The van der Waals surface area contributed by atoms with Crippen molar-refractivity contribution in [1.82, 2.24) is 9.78 Å². The molecule has 0 fully saturated rings. The van der Waals surface area contributed by atoms with Crippen LogP contribution in [0.1, 0.15) is 55.9 Å². The van der Waals surface area contributed by atoms with Crippen molar-refractivity contribution < 1.29 is 4.79 Å². The van der Waals surface area contributed by atoms with E-state index in [4.69, 9.17) is 5.10 Å². The fraction of sp³-hybridized carbons (Fsp3) is 0.444. The van der Waals surface area contributed by atoms with Gasteiger partial charge in [-0.25, -0.2) is 4.68 Å². The van der Waals surface area contributed by atoms with Crippen LogP contribution in [0.25, 0.3) is 5.69 Å². The molecule has 1 heterocycles. The van der Waals surface area contributed by atoms with Crippen molar-refractivity contribution in [2.75, 3.05) is 0 Å². The summed E-state index contributed by atoms with van der Waals surface area (Å²) in [5.41, 5.74) is 3.78. The SMILES string of the molecule is CC1CC(=O)c2c(C(C)(C)C)nn(-c3ccccc3)c2C1. The Morgan fingerprint density at radius 2 is 1.81 bits per heavy atom. The normalized spacial score (nSPS) is 18.7. The molecule has 1 aromatic heterocycles. The smallest absolute Gasteiger partial charge is 0.166 e. The highest BCUT2D eigenvalue weighted by molar-refractivity contribution is 5.99. The van der Waals surface area contributed by atoms with E-state index in [2.05, 4.69) is 27.7 Å². The van der Waals surface area contributed by atoms with Gasteiger partial charge in [0.2, 0.25) is 0 Å². The molecule has 1 aliphatic rings. The van der Waals surface area contributed by atoms with Crippen molar-refractivity contribution in [2.45, 2.75) is 46.0 Å². The Morgan fingerprint density at radius 3 is 2.43 bits per heavy atom. The second-order valence-electron chi connectivity index (χ2n) is 7.10. The number of aromatic nitrogens is 2. The topological polar surface area (TPSA) is 34.9 Å². The zero-order valence-corrected chi connectivity index (χ0v) is 13.2. The lowest BCUT2D eigenvalue weighted by molar-refractivity contribution is 0.0950. The molecule has 1 unspecified atom stereocenters. The number of benzene rings is 1. The van der Waals surface area contributed by atoms with Gasteiger partial charge in [0.05, 0.1) is 22.6 Å². The molecule has 1 atom stereocenters. The van der Waals surface area contributed by atoms with Crippen molar-refractivity contribution in [3.05, 3.63) is 47.3 Å². The van der Waals surface area contributed by atoms with Crippen LogP contribution in [-0.2, 0) is 11.8 Å². The van der Waals surface area contributed by atoms with Crippen molar-refractivity contribution in [2.24, 2.45) is 5.92 Å². The summed E-state index contributed by atoms with van der Waals surface area (Å²) >= 11 is 0. The minimum absolute atomic E-state index is 0.125. The van der Waals surface area contributed by atoms with Crippen LogP contribution in [0.5, 0.6) is 0 Å². The van der Waals surface area contributed by atoms with Gasteiger partial charge < -0.3 is 0 Å². The molecule has 0 saturated carbocycles. The van der Waals surface area contributed by atoms with Crippen LogP contribution in [0.4, 0.5) is 0 Å². The molecule has 0 saturated heterocycles. The molecule has 0 N–H and O–H groups in total. The van der Waals surface area contributed by atoms with E-state index in [-0.39, 0.29) is 11.2 Å². The summed E-state index contributed by atoms with van der Waals surface area (Å²) in [5.74, 6) is 0.632. The van der Waals surface area contributed by atoms with Gasteiger partial charge in [0.15, 0.2) is 5.78 Å². The van der Waals surface area contributed by atoms with E-state index in [1.54, 1.807) is 0 Å². The van der Waals surface area contributed by atoms with E-state index >= 15 is 0 Å². The summed E-state index contributed by atoms with van der Waals surface area (Å²) in [6.45, 7) is 8.50. The largest absolute Gasteiger partial charge is 0.294 e. The number of Topliss-reactive ketones (excluding diaryl/α,β-unsaturated/α-hetero) is 1. The van der Waals surface area contributed by atoms with Gasteiger partial charge in [0.1, 0.15) is 0 Å². The third kappa shape index (κ3) is 2.41. The first kappa shape index (κ1) is 14.1. The van der Waals surface area contributed by atoms with Crippen LogP contribution in [0.2, 0.25) is 0 Å². The highest BCUT2D eigenvalue weighted by Crippen LogP contribution is 2.35. The standard InChI is InChI=1S/C18H22N2O/c1-12-10-14-16(15(21)11-12)17(18(2,3)4)19-20(14)13-8-6-5-7-9-13/h5-9,12H,10-11H2,1-4H3. The maximum absolute atomic E-state index is 12.6. The average Bonchev–Trinajstić information content (AvgIpc) is 2.79. The lowest BCUT2D eigenvalue weighted by Crippen LogP contribution is -2.22. The summed E-state index contributed by atoms with van der Waals surface area (Å²) in [4.78, 5) is 12.6. The fourth-order valence-electron chi connectivity index (χ4n) is 3.06. The number of hydrogen-bond donors (Lipinski definition) is 0. The molecule has 1 aliphatic carbocycles. The van der Waals surface area contributed by atoms with E-state index < -0.39 is 0 Å². The fourth-order valence-corrected chi connectivity index (χ4v) is 3.06. The Labute approximate surface area is 126 Å². The second kappa shape index (κ2) is 4.83. The Morgan fingerprint density at radius 1 is 1.14 bits per heavy atom. The number of nitrogens with zero attached hydrogens (tertiary/aromatic N) is 2. The van der Waals surface area contributed by atoms with Crippen LogP contribution in [0, 0.1) is 5.92 Å². The monoisotopic (exact) mass is 282 g/mol. The summed E-state index contributed by atoms with van der Waals surface area (Å²) in [6.07, 6.45) is 1.55. The number of rotatable bonds is 1. The van der Waals surface area contributed by atoms with E-state index in [9.17, 15) is 4.79 Å².